The van der Waals surface area contributed by atoms with Crippen LogP contribution in [-0.2, 0) is 21.2 Å². The Morgan fingerprint density at radius 3 is 2.32 bits per heavy atom. The van der Waals surface area contributed by atoms with Gasteiger partial charge in [0, 0.05) is 11.8 Å². The molecule has 0 saturated carbocycles. The molecule has 2 rings (SSSR count). The van der Waals surface area contributed by atoms with Crippen LogP contribution in [0, 0.1) is 0 Å². The number of hydrogen-bond donors (Lipinski definition) is 1. The molecule has 0 fully saturated rings. The highest BCUT2D eigenvalue weighted by Gasteiger charge is 2.30. The molecule has 2 aromatic rings. The summed E-state index contributed by atoms with van der Waals surface area (Å²) in [4.78, 5) is 12.8. The number of para-hydroxylation sites is 1. The van der Waals surface area contributed by atoms with Gasteiger partial charge in [-0.2, -0.15) is 0 Å². The first kappa shape index (κ1) is 21.6. The second-order valence-corrected chi connectivity index (χ2v) is 8.13. The van der Waals surface area contributed by atoms with Crippen LogP contribution in [0.4, 0.5) is 11.4 Å². The molecule has 0 aliphatic carbocycles. The molecule has 0 heterocycles. The van der Waals surface area contributed by atoms with E-state index in [9.17, 15) is 13.2 Å². The summed E-state index contributed by atoms with van der Waals surface area (Å²) >= 11 is 0. The van der Waals surface area contributed by atoms with Gasteiger partial charge >= 0.3 is 0 Å². The summed E-state index contributed by atoms with van der Waals surface area (Å²) in [6, 6.07) is 11.2. The van der Waals surface area contributed by atoms with Crippen LogP contribution in [0.1, 0.15) is 19.4 Å². The number of carbonyl (C=O) groups excluding carboxylic acids is 1. The number of nitrogens with zero attached hydrogens (tertiary/aromatic N) is 1. The van der Waals surface area contributed by atoms with Crippen LogP contribution in [0.15, 0.2) is 42.5 Å². The van der Waals surface area contributed by atoms with Gasteiger partial charge in [0.2, 0.25) is 15.9 Å². The Balaban J connectivity index is 2.39. The number of methoxy groups -OCH3 is 2. The fraction of sp³-hybridized carbons (Fsp3) is 0.350. The monoisotopic (exact) mass is 406 g/mol. The number of hydrogen-bond acceptors (Lipinski definition) is 5. The number of aryl methyl sites for hydroxylation is 1. The van der Waals surface area contributed by atoms with Gasteiger partial charge in [-0.05, 0) is 37.1 Å². The van der Waals surface area contributed by atoms with Gasteiger partial charge in [0.15, 0.2) is 11.5 Å². The molecule has 1 amide bonds. The molecule has 2 aromatic carbocycles. The molecule has 1 atom stereocenters. The van der Waals surface area contributed by atoms with E-state index < -0.39 is 22.0 Å². The van der Waals surface area contributed by atoms with Crippen molar-refractivity contribution in [1.29, 1.82) is 0 Å². The summed E-state index contributed by atoms with van der Waals surface area (Å²) in [6.45, 7) is 3.53. The van der Waals surface area contributed by atoms with E-state index in [1.54, 1.807) is 25.1 Å². The maximum absolute atomic E-state index is 12.8. The number of benzene rings is 2. The Morgan fingerprint density at radius 2 is 1.75 bits per heavy atom. The van der Waals surface area contributed by atoms with Gasteiger partial charge in [-0.1, -0.05) is 25.1 Å². The van der Waals surface area contributed by atoms with Crippen molar-refractivity contribution in [1.82, 2.24) is 0 Å². The van der Waals surface area contributed by atoms with Gasteiger partial charge in [-0.15, -0.1) is 0 Å². The zero-order chi connectivity index (χ0) is 20.9. The summed E-state index contributed by atoms with van der Waals surface area (Å²) in [5, 5.41) is 2.83. The van der Waals surface area contributed by atoms with Gasteiger partial charge in [0.1, 0.15) is 6.04 Å². The molecule has 0 unspecified atom stereocenters. The molecule has 0 spiro atoms. The Hall–Kier alpha value is -2.74. The van der Waals surface area contributed by atoms with Crippen molar-refractivity contribution in [3.05, 3.63) is 48.0 Å². The number of anilines is 2. The predicted molar refractivity (Wildman–Crippen MR) is 111 cm³/mol. The van der Waals surface area contributed by atoms with Gasteiger partial charge in [-0.3, -0.25) is 9.10 Å². The number of rotatable bonds is 8. The van der Waals surface area contributed by atoms with E-state index >= 15 is 0 Å². The molecule has 0 aromatic heterocycles. The second kappa shape index (κ2) is 8.97. The van der Waals surface area contributed by atoms with Crippen LogP contribution in [0.5, 0.6) is 11.5 Å². The lowest BCUT2D eigenvalue weighted by atomic mass is 10.1. The van der Waals surface area contributed by atoms with E-state index in [0.29, 0.717) is 22.9 Å². The average molecular weight is 407 g/mol. The largest absolute Gasteiger partial charge is 0.493 e. The quantitative estimate of drug-likeness (QED) is 0.728. The molecule has 0 bridgehead atoms. The Labute approximate surface area is 166 Å². The van der Waals surface area contributed by atoms with Crippen LogP contribution in [0.25, 0.3) is 0 Å². The zero-order valence-corrected chi connectivity index (χ0v) is 17.5. The van der Waals surface area contributed by atoms with E-state index in [-0.39, 0.29) is 0 Å². The maximum Gasteiger partial charge on any atom is 0.248 e. The lowest BCUT2D eigenvalue weighted by Gasteiger charge is -2.29. The smallest absolute Gasteiger partial charge is 0.248 e. The zero-order valence-electron chi connectivity index (χ0n) is 16.7. The molecule has 0 saturated heterocycles. The first-order valence-electron chi connectivity index (χ1n) is 8.83. The fourth-order valence-corrected chi connectivity index (χ4v) is 4.13. The lowest BCUT2D eigenvalue weighted by Crippen LogP contribution is -2.45. The number of ether oxygens (including phenoxy) is 2. The van der Waals surface area contributed by atoms with E-state index in [1.807, 2.05) is 25.1 Å². The summed E-state index contributed by atoms with van der Waals surface area (Å²) in [7, 11) is -0.783. The van der Waals surface area contributed by atoms with Gasteiger partial charge < -0.3 is 14.8 Å². The summed E-state index contributed by atoms with van der Waals surface area (Å²) < 4.78 is 36.5. The van der Waals surface area contributed by atoms with Gasteiger partial charge in [0.25, 0.3) is 0 Å². The van der Waals surface area contributed by atoms with Crippen molar-refractivity contribution in [2.24, 2.45) is 0 Å². The van der Waals surface area contributed by atoms with E-state index in [0.717, 1.165) is 22.5 Å². The minimum absolute atomic E-state index is 0.312. The second-order valence-electron chi connectivity index (χ2n) is 6.27. The first-order chi connectivity index (χ1) is 13.2. The maximum atomic E-state index is 12.8. The molecule has 0 aliphatic rings. The molecule has 7 nitrogen and oxygen atoms in total. The minimum atomic E-state index is -3.74. The normalized spacial score (nSPS) is 12.2. The minimum Gasteiger partial charge on any atom is -0.493 e. The van der Waals surface area contributed by atoms with Crippen LogP contribution in [0.3, 0.4) is 0 Å². The first-order valence-corrected chi connectivity index (χ1v) is 10.7. The third-order valence-corrected chi connectivity index (χ3v) is 5.61. The van der Waals surface area contributed by atoms with E-state index in [4.69, 9.17) is 9.47 Å². The third kappa shape index (κ3) is 4.75. The summed E-state index contributed by atoms with van der Waals surface area (Å²) in [6.07, 6.45) is 1.81. The van der Waals surface area contributed by atoms with Crippen molar-refractivity contribution >= 4 is 27.3 Å². The SMILES string of the molecule is CCc1ccccc1NC(=O)[C@H](C)N(c1ccc(OC)c(OC)c1)S(C)(=O)=O. The van der Waals surface area contributed by atoms with E-state index in [1.165, 1.54) is 20.3 Å². The molecule has 8 heteroatoms. The lowest BCUT2D eigenvalue weighted by molar-refractivity contribution is -0.116. The highest BCUT2D eigenvalue weighted by Crippen LogP contribution is 2.33. The highest BCUT2D eigenvalue weighted by atomic mass is 32.2. The molecule has 28 heavy (non-hydrogen) atoms. The average Bonchev–Trinajstić information content (AvgIpc) is 2.67. The molecule has 0 aliphatic heterocycles. The Bertz CT molecular complexity index is 943. The standard InChI is InChI=1S/C20H26N2O5S/c1-6-15-9-7-8-10-17(15)21-20(23)14(2)22(28(5,24)25)16-11-12-18(26-3)19(13-16)27-4/h7-14H,6H2,1-5H3,(H,21,23)/t14-/m0/s1. The van der Waals surface area contributed by atoms with Crippen molar-refractivity contribution in [2.45, 2.75) is 26.3 Å². The van der Waals surface area contributed by atoms with Crippen molar-refractivity contribution in [3.63, 3.8) is 0 Å². The van der Waals surface area contributed by atoms with Crippen molar-refractivity contribution < 1.29 is 22.7 Å². The van der Waals surface area contributed by atoms with Crippen molar-refractivity contribution in [2.75, 3.05) is 30.1 Å². The molecule has 0 radical (unpaired) electrons. The predicted octanol–water partition coefficient (Wildman–Crippen LogP) is 3.06. The Morgan fingerprint density at radius 1 is 1.11 bits per heavy atom. The van der Waals surface area contributed by atoms with Crippen LogP contribution >= 0.6 is 0 Å². The van der Waals surface area contributed by atoms with Crippen LogP contribution < -0.4 is 19.1 Å². The molecule has 152 valence electrons. The van der Waals surface area contributed by atoms with Crippen molar-refractivity contribution in [3.8, 4) is 11.5 Å². The Kier molecular flexibility index (Phi) is 6.90. The van der Waals surface area contributed by atoms with E-state index in [2.05, 4.69) is 5.32 Å². The number of carbonyl (C=O) groups is 1. The molecule has 1 N–H and O–H groups in total. The molecular formula is C20H26N2O5S. The topological polar surface area (TPSA) is 84.9 Å². The molecular weight excluding hydrogens is 380 g/mol. The van der Waals surface area contributed by atoms with Gasteiger partial charge in [0.05, 0.1) is 26.2 Å². The summed E-state index contributed by atoms with van der Waals surface area (Å²) in [5.74, 6) is 0.410. The van der Waals surface area contributed by atoms with Gasteiger partial charge in [-0.25, -0.2) is 8.42 Å². The number of nitrogens with one attached hydrogen (secondary N) is 1. The summed E-state index contributed by atoms with van der Waals surface area (Å²) in [5.41, 5.74) is 1.95. The fourth-order valence-electron chi connectivity index (χ4n) is 2.96. The van der Waals surface area contributed by atoms with Crippen LogP contribution in [-0.4, -0.2) is 40.8 Å². The van der Waals surface area contributed by atoms with Crippen LogP contribution in [0.2, 0.25) is 0 Å². The number of amides is 1. The highest BCUT2D eigenvalue weighted by molar-refractivity contribution is 7.92. The number of sulfonamides is 1. The third-order valence-electron chi connectivity index (χ3n) is 4.37.